The molecule has 0 atom stereocenters. The molecule has 1 aliphatic rings. The highest BCUT2D eigenvalue weighted by molar-refractivity contribution is 6.53. The minimum absolute atomic E-state index is 0.118. The van der Waals surface area contributed by atoms with Crippen LogP contribution in [0.4, 0.5) is 5.69 Å². The first-order valence-corrected chi connectivity index (χ1v) is 6.81. The minimum Gasteiger partial charge on any atom is -0.367 e. The number of Topliss-reactive ketones (excluding diaryl/α,β-unsaturated/α-hetero) is 2. The molecule has 0 unspecified atom stereocenters. The number of imidazole rings is 1. The molecule has 5 heteroatoms. The summed E-state index contributed by atoms with van der Waals surface area (Å²) in [5.74, 6) is -0.619. The molecule has 1 aromatic carbocycles. The van der Waals surface area contributed by atoms with Crippen LogP contribution in [0.2, 0.25) is 0 Å². The summed E-state index contributed by atoms with van der Waals surface area (Å²) in [5, 5.41) is 0. The van der Waals surface area contributed by atoms with Gasteiger partial charge in [-0.25, -0.2) is 4.98 Å². The lowest BCUT2D eigenvalue weighted by Crippen LogP contribution is -2.23. The fourth-order valence-electron chi connectivity index (χ4n) is 2.41. The summed E-state index contributed by atoms with van der Waals surface area (Å²) in [4.78, 5) is 33.1. The number of nitrogens with one attached hydrogen (secondary N) is 1. The number of H-pyrrole nitrogens is 1. The standard InChI is InChI=1S/C17H15N3O2/c1-10-11(2)16(21)17(22)15-14(10)18-13(19-15)9-20(3)12-7-5-4-6-8-12/h4-8H,1-2,9H2,3H3,(H,18,19). The van der Waals surface area contributed by atoms with E-state index in [-0.39, 0.29) is 11.3 Å². The molecule has 0 aliphatic heterocycles. The van der Waals surface area contributed by atoms with Crippen LogP contribution >= 0.6 is 0 Å². The molecule has 1 heterocycles. The third kappa shape index (κ3) is 2.16. The maximum absolute atomic E-state index is 12.0. The second-order valence-corrected chi connectivity index (χ2v) is 5.21. The van der Waals surface area contributed by atoms with Gasteiger partial charge in [-0.3, -0.25) is 9.59 Å². The van der Waals surface area contributed by atoms with Crippen LogP contribution in [0.3, 0.4) is 0 Å². The van der Waals surface area contributed by atoms with Crippen LogP contribution < -0.4 is 4.90 Å². The van der Waals surface area contributed by atoms with E-state index in [1.807, 2.05) is 42.3 Å². The molecule has 0 spiro atoms. The number of anilines is 1. The van der Waals surface area contributed by atoms with Crippen LogP contribution in [0.1, 0.15) is 22.0 Å². The summed E-state index contributed by atoms with van der Waals surface area (Å²) in [5.41, 5.74) is 2.18. The molecule has 0 amide bonds. The monoisotopic (exact) mass is 293 g/mol. The molecule has 0 saturated carbocycles. The smallest absolute Gasteiger partial charge is 0.251 e. The Morgan fingerprint density at radius 2 is 1.77 bits per heavy atom. The van der Waals surface area contributed by atoms with Gasteiger partial charge in [-0.1, -0.05) is 31.4 Å². The highest BCUT2D eigenvalue weighted by atomic mass is 16.2. The van der Waals surface area contributed by atoms with Gasteiger partial charge >= 0.3 is 0 Å². The topological polar surface area (TPSA) is 66.1 Å². The Bertz CT molecular complexity index is 759. The molecule has 3 rings (SSSR count). The van der Waals surface area contributed by atoms with Crippen molar-refractivity contribution in [2.45, 2.75) is 6.54 Å². The number of carbonyl (C=O) groups is 2. The number of benzene rings is 1. The SMILES string of the molecule is C=C1C(=C)c2nc(CN(C)c3ccccc3)[nH]c2C(=O)C1=O. The van der Waals surface area contributed by atoms with Crippen molar-refractivity contribution in [2.75, 3.05) is 11.9 Å². The van der Waals surface area contributed by atoms with Gasteiger partial charge in [-0.05, 0) is 12.1 Å². The van der Waals surface area contributed by atoms with E-state index in [0.29, 0.717) is 23.6 Å². The van der Waals surface area contributed by atoms with Crippen LogP contribution in [0, 0.1) is 0 Å². The van der Waals surface area contributed by atoms with Crippen molar-refractivity contribution in [3.05, 3.63) is 66.3 Å². The van der Waals surface area contributed by atoms with Gasteiger partial charge in [0.2, 0.25) is 5.78 Å². The van der Waals surface area contributed by atoms with Crippen LogP contribution in [-0.2, 0) is 11.3 Å². The minimum atomic E-state index is -0.621. The molecule has 110 valence electrons. The van der Waals surface area contributed by atoms with Crippen molar-refractivity contribution >= 4 is 22.8 Å². The van der Waals surface area contributed by atoms with E-state index in [2.05, 4.69) is 23.1 Å². The summed E-state index contributed by atoms with van der Waals surface area (Å²) in [7, 11) is 1.93. The number of aromatic amines is 1. The highest BCUT2D eigenvalue weighted by Crippen LogP contribution is 2.29. The summed E-state index contributed by atoms with van der Waals surface area (Å²) < 4.78 is 0. The third-order valence-corrected chi connectivity index (χ3v) is 3.69. The number of para-hydroxylation sites is 1. The van der Waals surface area contributed by atoms with Crippen molar-refractivity contribution in [3.8, 4) is 0 Å². The maximum Gasteiger partial charge on any atom is 0.251 e. The number of nitrogens with zero attached hydrogens (tertiary/aromatic N) is 2. The molecule has 1 aromatic heterocycles. The lowest BCUT2D eigenvalue weighted by molar-refractivity contribution is -0.111. The average Bonchev–Trinajstić information content (AvgIpc) is 2.95. The van der Waals surface area contributed by atoms with E-state index in [4.69, 9.17) is 0 Å². The Hall–Kier alpha value is -2.95. The van der Waals surface area contributed by atoms with E-state index in [1.54, 1.807) is 0 Å². The molecule has 5 nitrogen and oxygen atoms in total. The Kier molecular flexibility index (Phi) is 3.25. The number of ketones is 2. The number of rotatable bonds is 3. The molecular formula is C17H15N3O2. The second-order valence-electron chi connectivity index (χ2n) is 5.21. The Balaban J connectivity index is 1.91. The van der Waals surface area contributed by atoms with Crippen molar-refractivity contribution in [1.82, 2.24) is 9.97 Å². The Morgan fingerprint density at radius 3 is 2.45 bits per heavy atom. The molecule has 0 bridgehead atoms. The second kappa shape index (κ2) is 5.11. The lowest BCUT2D eigenvalue weighted by Gasteiger charge is -2.17. The van der Waals surface area contributed by atoms with E-state index >= 15 is 0 Å². The van der Waals surface area contributed by atoms with Gasteiger partial charge in [0.1, 0.15) is 17.2 Å². The summed E-state index contributed by atoms with van der Waals surface area (Å²) in [6.45, 7) is 7.90. The molecule has 0 saturated heterocycles. The van der Waals surface area contributed by atoms with E-state index in [9.17, 15) is 9.59 Å². The van der Waals surface area contributed by atoms with Gasteiger partial charge in [0, 0.05) is 23.9 Å². The van der Waals surface area contributed by atoms with E-state index in [0.717, 1.165) is 5.69 Å². The number of aromatic nitrogens is 2. The van der Waals surface area contributed by atoms with E-state index in [1.165, 1.54) is 0 Å². The fraction of sp³-hybridized carbons (Fsp3) is 0.118. The van der Waals surface area contributed by atoms with Crippen LogP contribution in [-0.4, -0.2) is 28.6 Å². The van der Waals surface area contributed by atoms with E-state index < -0.39 is 11.6 Å². The normalized spacial score (nSPS) is 14.2. The Morgan fingerprint density at radius 1 is 1.09 bits per heavy atom. The van der Waals surface area contributed by atoms with Gasteiger partial charge < -0.3 is 9.88 Å². The predicted octanol–water partition coefficient (Wildman–Crippen LogP) is 2.38. The summed E-state index contributed by atoms with van der Waals surface area (Å²) in [6.07, 6.45) is 0. The van der Waals surface area contributed by atoms with Crippen molar-refractivity contribution in [3.63, 3.8) is 0 Å². The van der Waals surface area contributed by atoms with Crippen molar-refractivity contribution in [2.24, 2.45) is 0 Å². The third-order valence-electron chi connectivity index (χ3n) is 3.69. The number of fused-ring (bicyclic) bond motifs is 1. The zero-order chi connectivity index (χ0) is 15.9. The molecule has 0 radical (unpaired) electrons. The number of hydrogen-bond acceptors (Lipinski definition) is 4. The molecule has 0 fully saturated rings. The first-order chi connectivity index (χ1) is 10.5. The predicted molar refractivity (Wildman–Crippen MR) is 84.6 cm³/mol. The molecule has 1 N–H and O–H groups in total. The van der Waals surface area contributed by atoms with Crippen molar-refractivity contribution < 1.29 is 9.59 Å². The van der Waals surface area contributed by atoms with Gasteiger partial charge in [-0.2, -0.15) is 0 Å². The van der Waals surface area contributed by atoms with Gasteiger partial charge in [0.05, 0.1) is 6.54 Å². The largest absolute Gasteiger partial charge is 0.367 e. The number of hydrogen-bond donors (Lipinski definition) is 1. The maximum atomic E-state index is 12.0. The molecule has 2 aromatic rings. The molecular weight excluding hydrogens is 278 g/mol. The fourth-order valence-corrected chi connectivity index (χ4v) is 2.41. The zero-order valence-electron chi connectivity index (χ0n) is 12.2. The average molecular weight is 293 g/mol. The summed E-state index contributed by atoms with van der Waals surface area (Å²) >= 11 is 0. The Labute approximate surface area is 128 Å². The first kappa shape index (κ1) is 14.0. The zero-order valence-corrected chi connectivity index (χ0v) is 12.2. The molecule has 22 heavy (non-hydrogen) atoms. The van der Waals surface area contributed by atoms with Gasteiger partial charge in [0.25, 0.3) is 5.78 Å². The number of carbonyl (C=O) groups excluding carboxylic acids is 2. The van der Waals surface area contributed by atoms with Gasteiger partial charge in [0.15, 0.2) is 0 Å². The highest BCUT2D eigenvalue weighted by Gasteiger charge is 2.34. The quantitative estimate of drug-likeness (QED) is 0.697. The summed E-state index contributed by atoms with van der Waals surface area (Å²) in [6, 6.07) is 9.82. The van der Waals surface area contributed by atoms with Crippen LogP contribution in [0.25, 0.3) is 5.57 Å². The van der Waals surface area contributed by atoms with Gasteiger partial charge in [-0.15, -0.1) is 0 Å². The first-order valence-electron chi connectivity index (χ1n) is 6.81. The van der Waals surface area contributed by atoms with Crippen LogP contribution in [0.5, 0.6) is 0 Å². The molecule has 1 aliphatic carbocycles. The number of allylic oxidation sites excluding steroid dienone is 2. The van der Waals surface area contributed by atoms with Crippen molar-refractivity contribution in [1.29, 1.82) is 0 Å². The van der Waals surface area contributed by atoms with Crippen LogP contribution in [0.15, 0.2) is 49.1 Å². The lowest BCUT2D eigenvalue weighted by atomic mass is 9.90.